The van der Waals surface area contributed by atoms with Crippen molar-refractivity contribution in [3.05, 3.63) is 58.1 Å². The molecule has 0 aliphatic heterocycles. The Labute approximate surface area is 145 Å². The molecule has 0 saturated heterocycles. The summed E-state index contributed by atoms with van der Waals surface area (Å²) in [6, 6.07) is 10.4. The molecular formula is C18H19ClN2O3. The minimum absolute atomic E-state index is 0.168. The molecule has 2 rings (SSSR count). The number of primary amides is 1. The molecule has 24 heavy (non-hydrogen) atoms. The van der Waals surface area contributed by atoms with Crippen molar-refractivity contribution in [1.29, 1.82) is 0 Å². The van der Waals surface area contributed by atoms with Gasteiger partial charge in [0.1, 0.15) is 5.75 Å². The van der Waals surface area contributed by atoms with Gasteiger partial charge in [-0.05, 0) is 49.2 Å². The van der Waals surface area contributed by atoms with Gasteiger partial charge < -0.3 is 15.8 Å². The third kappa shape index (κ3) is 4.49. The van der Waals surface area contributed by atoms with Crippen molar-refractivity contribution < 1.29 is 14.3 Å². The third-order valence-corrected chi connectivity index (χ3v) is 3.99. The highest BCUT2D eigenvalue weighted by molar-refractivity contribution is 6.33. The summed E-state index contributed by atoms with van der Waals surface area (Å²) in [7, 11) is 0. The smallest absolute Gasteiger partial charge is 0.250 e. The van der Waals surface area contributed by atoms with Crippen LogP contribution in [-0.2, 0) is 4.79 Å². The molecule has 0 spiro atoms. The van der Waals surface area contributed by atoms with Crippen molar-refractivity contribution in [2.45, 2.75) is 20.3 Å². The van der Waals surface area contributed by atoms with E-state index in [-0.39, 0.29) is 29.5 Å². The molecule has 2 aromatic carbocycles. The summed E-state index contributed by atoms with van der Waals surface area (Å²) in [4.78, 5) is 23.2. The molecule has 0 unspecified atom stereocenters. The van der Waals surface area contributed by atoms with E-state index in [0.717, 1.165) is 16.9 Å². The van der Waals surface area contributed by atoms with Crippen molar-refractivity contribution >= 4 is 29.1 Å². The fourth-order valence-electron chi connectivity index (χ4n) is 2.15. The second-order valence-corrected chi connectivity index (χ2v) is 5.81. The number of aryl methyl sites for hydroxylation is 1. The first kappa shape index (κ1) is 17.8. The number of amides is 2. The van der Waals surface area contributed by atoms with Gasteiger partial charge in [0.05, 0.1) is 23.6 Å². The molecule has 6 heteroatoms. The summed E-state index contributed by atoms with van der Waals surface area (Å²) in [5.74, 6) is -0.0993. The average molecular weight is 347 g/mol. The van der Waals surface area contributed by atoms with Crippen LogP contribution in [0.5, 0.6) is 5.75 Å². The molecule has 2 amide bonds. The summed E-state index contributed by atoms with van der Waals surface area (Å²) in [5.41, 5.74) is 8.05. The number of carbonyl (C=O) groups excluding carboxylic acids is 2. The van der Waals surface area contributed by atoms with E-state index in [2.05, 4.69) is 5.32 Å². The van der Waals surface area contributed by atoms with Crippen molar-refractivity contribution in [2.75, 3.05) is 11.9 Å². The summed E-state index contributed by atoms with van der Waals surface area (Å²) in [6.07, 6.45) is 0.182. The molecule has 0 aliphatic rings. The third-order valence-electron chi connectivity index (χ3n) is 3.66. The summed E-state index contributed by atoms with van der Waals surface area (Å²) < 4.78 is 5.65. The molecule has 0 atom stereocenters. The van der Waals surface area contributed by atoms with E-state index in [1.54, 1.807) is 6.07 Å². The first-order chi connectivity index (χ1) is 11.4. The molecule has 0 saturated carbocycles. The van der Waals surface area contributed by atoms with Crippen molar-refractivity contribution in [2.24, 2.45) is 5.73 Å². The van der Waals surface area contributed by atoms with Gasteiger partial charge in [-0.1, -0.05) is 23.7 Å². The number of nitrogens with two attached hydrogens (primary N) is 1. The van der Waals surface area contributed by atoms with Crippen LogP contribution in [0.4, 0.5) is 5.69 Å². The van der Waals surface area contributed by atoms with Crippen LogP contribution >= 0.6 is 11.6 Å². The van der Waals surface area contributed by atoms with Gasteiger partial charge in [0.15, 0.2) is 0 Å². The molecule has 2 aromatic rings. The quantitative estimate of drug-likeness (QED) is 0.840. The van der Waals surface area contributed by atoms with Crippen LogP contribution in [0.25, 0.3) is 0 Å². The molecule has 5 nitrogen and oxygen atoms in total. The average Bonchev–Trinajstić information content (AvgIpc) is 2.53. The summed E-state index contributed by atoms with van der Waals surface area (Å²) in [6.45, 7) is 4.24. The van der Waals surface area contributed by atoms with Crippen molar-refractivity contribution in [3.8, 4) is 5.75 Å². The number of nitrogens with one attached hydrogen (secondary N) is 1. The van der Waals surface area contributed by atoms with E-state index in [1.165, 1.54) is 12.1 Å². The molecule has 0 bridgehead atoms. The Balaban J connectivity index is 1.91. The zero-order valence-electron chi connectivity index (χ0n) is 13.6. The van der Waals surface area contributed by atoms with E-state index in [0.29, 0.717) is 5.69 Å². The first-order valence-corrected chi connectivity index (χ1v) is 7.84. The minimum Gasteiger partial charge on any atom is -0.493 e. The number of benzene rings is 2. The maximum absolute atomic E-state index is 12.0. The normalized spacial score (nSPS) is 10.3. The fourth-order valence-corrected chi connectivity index (χ4v) is 2.36. The van der Waals surface area contributed by atoms with E-state index in [9.17, 15) is 9.59 Å². The van der Waals surface area contributed by atoms with E-state index < -0.39 is 5.91 Å². The topological polar surface area (TPSA) is 81.4 Å². The maximum Gasteiger partial charge on any atom is 0.250 e. The van der Waals surface area contributed by atoms with Crippen LogP contribution < -0.4 is 15.8 Å². The lowest BCUT2D eigenvalue weighted by molar-refractivity contribution is -0.116. The molecule has 0 fully saturated rings. The Morgan fingerprint density at radius 2 is 1.96 bits per heavy atom. The largest absolute Gasteiger partial charge is 0.493 e. The highest BCUT2D eigenvalue weighted by atomic mass is 35.5. The van der Waals surface area contributed by atoms with Gasteiger partial charge in [-0.3, -0.25) is 9.59 Å². The van der Waals surface area contributed by atoms with Crippen LogP contribution in [0.15, 0.2) is 36.4 Å². The summed E-state index contributed by atoms with van der Waals surface area (Å²) >= 11 is 5.87. The van der Waals surface area contributed by atoms with Crippen LogP contribution in [0, 0.1) is 13.8 Å². The lowest BCUT2D eigenvalue weighted by atomic mass is 10.1. The fraction of sp³-hybridized carbons (Fsp3) is 0.222. The molecule has 0 heterocycles. The molecule has 126 valence electrons. The number of carbonyl (C=O) groups is 2. The van der Waals surface area contributed by atoms with E-state index >= 15 is 0 Å². The highest BCUT2D eigenvalue weighted by Gasteiger charge is 2.10. The zero-order chi connectivity index (χ0) is 17.7. The standard InChI is InChI=1S/C18H19ClN2O3/c1-11-4-3-5-16(12(11)2)24-9-8-17(22)21-13-6-7-15(19)14(10-13)18(20)23/h3-7,10H,8-9H2,1-2H3,(H2,20,23)(H,21,22). The number of hydrogen-bond acceptors (Lipinski definition) is 3. The van der Waals surface area contributed by atoms with Crippen LogP contribution in [0.2, 0.25) is 5.02 Å². The monoisotopic (exact) mass is 346 g/mol. The van der Waals surface area contributed by atoms with Crippen LogP contribution in [0.3, 0.4) is 0 Å². The SMILES string of the molecule is Cc1cccc(OCCC(=O)Nc2ccc(Cl)c(C(N)=O)c2)c1C. The van der Waals surface area contributed by atoms with Gasteiger partial charge in [-0.15, -0.1) is 0 Å². The maximum atomic E-state index is 12.0. The lowest BCUT2D eigenvalue weighted by Crippen LogP contribution is -2.17. The predicted molar refractivity (Wildman–Crippen MR) is 94.6 cm³/mol. The molecular weight excluding hydrogens is 328 g/mol. The minimum atomic E-state index is -0.644. The molecule has 0 aromatic heterocycles. The molecule has 3 N–H and O–H groups in total. The molecule has 0 aliphatic carbocycles. The van der Waals surface area contributed by atoms with Gasteiger partial charge in [0.2, 0.25) is 11.8 Å². The van der Waals surface area contributed by atoms with Gasteiger partial charge >= 0.3 is 0 Å². The van der Waals surface area contributed by atoms with Crippen molar-refractivity contribution in [3.63, 3.8) is 0 Å². The van der Waals surface area contributed by atoms with E-state index in [1.807, 2.05) is 32.0 Å². The Morgan fingerprint density at radius 1 is 1.21 bits per heavy atom. The zero-order valence-corrected chi connectivity index (χ0v) is 14.3. The lowest BCUT2D eigenvalue weighted by Gasteiger charge is -2.11. The highest BCUT2D eigenvalue weighted by Crippen LogP contribution is 2.21. The van der Waals surface area contributed by atoms with Crippen LogP contribution in [0.1, 0.15) is 27.9 Å². The predicted octanol–water partition coefficient (Wildman–Crippen LogP) is 3.46. The van der Waals surface area contributed by atoms with Gasteiger partial charge in [0, 0.05) is 5.69 Å². The first-order valence-electron chi connectivity index (χ1n) is 7.46. The Morgan fingerprint density at radius 3 is 2.67 bits per heavy atom. The van der Waals surface area contributed by atoms with Gasteiger partial charge in [0.25, 0.3) is 0 Å². The van der Waals surface area contributed by atoms with Gasteiger partial charge in [-0.25, -0.2) is 0 Å². The van der Waals surface area contributed by atoms with Gasteiger partial charge in [-0.2, -0.15) is 0 Å². The van der Waals surface area contributed by atoms with E-state index in [4.69, 9.17) is 22.1 Å². The second-order valence-electron chi connectivity index (χ2n) is 5.40. The number of rotatable bonds is 6. The number of hydrogen-bond donors (Lipinski definition) is 2. The Hall–Kier alpha value is -2.53. The number of anilines is 1. The number of halogens is 1. The number of ether oxygens (including phenoxy) is 1. The Bertz CT molecular complexity index is 775. The Kier molecular flexibility index (Phi) is 5.82. The van der Waals surface area contributed by atoms with Crippen molar-refractivity contribution in [1.82, 2.24) is 0 Å². The second kappa shape index (κ2) is 7.84. The molecule has 0 radical (unpaired) electrons. The summed E-state index contributed by atoms with van der Waals surface area (Å²) in [5, 5.41) is 2.94. The van der Waals surface area contributed by atoms with Crippen LogP contribution in [-0.4, -0.2) is 18.4 Å².